The molecule has 0 saturated heterocycles. The average Bonchev–Trinajstić information content (AvgIpc) is 3.00. The summed E-state index contributed by atoms with van der Waals surface area (Å²) in [5, 5.41) is 14.1. The van der Waals surface area contributed by atoms with Crippen LogP contribution in [0.5, 0.6) is 5.88 Å². The van der Waals surface area contributed by atoms with Crippen LogP contribution in [0.15, 0.2) is 12.3 Å². The number of pyridine rings is 1. The van der Waals surface area contributed by atoms with Crippen molar-refractivity contribution in [3.63, 3.8) is 0 Å². The molecule has 0 bridgehead atoms. The summed E-state index contributed by atoms with van der Waals surface area (Å²) < 4.78 is 7.34. The summed E-state index contributed by atoms with van der Waals surface area (Å²) in [7, 11) is 1.71. The van der Waals surface area contributed by atoms with Crippen LogP contribution in [0.4, 0.5) is 0 Å². The van der Waals surface area contributed by atoms with Gasteiger partial charge in [-0.05, 0) is 42.2 Å². The molecule has 2 heterocycles. The smallest absolute Gasteiger partial charge is 0.253 e. The molecule has 9 heteroatoms. The van der Waals surface area contributed by atoms with Gasteiger partial charge in [0.2, 0.25) is 5.88 Å². The molecule has 2 aromatic heterocycles. The lowest BCUT2D eigenvalue weighted by Crippen LogP contribution is -2.25. The average molecular weight is 351 g/mol. The Morgan fingerprint density at radius 2 is 2.21 bits per heavy atom. The maximum absolute atomic E-state index is 12.2. The van der Waals surface area contributed by atoms with E-state index in [0.717, 1.165) is 12.8 Å². The van der Waals surface area contributed by atoms with Gasteiger partial charge in [-0.25, -0.2) is 9.67 Å². The van der Waals surface area contributed by atoms with Gasteiger partial charge >= 0.3 is 0 Å². The van der Waals surface area contributed by atoms with Crippen molar-refractivity contribution in [2.24, 2.45) is 7.05 Å². The lowest BCUT2D eigenvalue weighted by Gasteiger charge is -2.22. The number of tetrazole rings is 1. The second-order valence-electron chi connectivity index (χ2n) is 5.79. The number of nitrogens with zero attached hydrogens (tertiary/aromatic N) is 5. The third kappa shape index (κ3) is 4.00. The molecular formula is C15H19ClN6O2. The number of carbonyl (C=O) groups is 1. The molecule has 0 unspecified atom stereocenters. The van der Waals surface area contributed by atoms with E-state index in [9.17, 15) is 4.79 Å². The second kappa shape index (κ2) is 7.57. The number of nitrogens with one attached hydrogen (secondary N) is 1. The zero-order chi connectivity index (χ0) is 16.9. The van der Waals surface area contributed by atoms with E-state index in [1.54, 1.807) is 13.1 Å². The van der Waals surface area contributed by atoms with Crippen molar-refractivity contribution in [3.05, 3.63) is 28.7 Å². The summed E-state index contributed by atoms with van der Waals surface area (Å²) in [6.07, 6.45) is 7.25. The highest BCUT2D eigenvalue weighted by Gasteiger charge is 2.18. The number of aromatic nitrogens is 5. The summed E-state index contributed by atoms with van der Waals surface area (Å²) in [4.78, 5) is 16.4. The van der Waals surface area contributed by atoms with Crippen LogP contribution in [0.1, 0.15) is 48.3 Å². The molecule has 1 N–H and O–H groups in total. The van der Waals surface area contributed by atoms with Crippen molar-refractivity contribution < 1.29 is 9.53 Å². The summed E-state index contributed by atoms with van der Waals surface area (Å²) >= 11 is 6.21. The molecule has 0 spiro atoms. The molecule has 0 atom stereocenters. The number of amides is 1. The molecule has 3 rings (SSSR count). The molecule has 128 valence electrons. The van der Waals surface area contributed by atoms with Crippen LogP contribution in [-0.2, 0) is 13.6 Å². The number of hydrogen-bond acceptors (Lipinski definition) is 6. The van der Waals surface area contributed by atoms with Gasteiger partial charge < -0.3 is 10.1 Å². The molecule has 1 aliphatic carbocycles. The van der Waals surface area contributed by atoms with Crippen molar-refractivity contribution in [2.45, 2.75) is 44.8 Å². The number of carbonyl (C=O) groups excluding carboxylic acids is 1. The monoisotopic (exact) mass is 350 g/mol. The van der Waals surface area contributed by atoms with Crippen molar-refractivity contribution in [1.29, 1.82) is 0 Å². The third-order valence-corrected chi connectivity index (χ3v) is 4.29. The topological polar surface area (TPSA) is 94.8 Å². The van der Waals surface area contributed by atoms with Crippen LogP contribution in [0, 0.1) is 0 Å². The first-order chi connectivity index (χ1) is 11.6. The Labute approximate surface area is 144 Å². The predicted octanol–water partition coefficient (Wildman–Crippen LogP) is 1.90. The Kier molecular flexibility index (Phi) is 5.24. The standard InChI is InChI=1S/C15H19ClN6O2/c1-22-13(19-20-21-22)9-17-14(23)10-7-12(16)15(18-8-10)24-11-5-3-2-4-6-11/h7-8,11H,2-6,9H2,1H3,(H,17,23). The zero-order valence-electron chi connectivity index (χ0n) is 13.4. The van der Waals surface area contributed by atoms with Crippen LogP contribution in [0.3, 0.4) is 0 Å². The molecule has 1 saturated carbocycles. The molecule has 8 nitrogen and oxygen atoms in total. The van der Waals surface area contributed by atoms with Gasteiger partial charge in [0.15, 0.2) is 5.82 Å². The SMILES string of the molecule is Cn1nnnc1CNC(=O)c1cnc(OC2CCCCC2)c(Cl)c1. The minimum atomic E-state index is -0.295. The molecule has 0 radical (unpaired) electrons. The first-order valence-corrected chi connectivity index (χ1v) is 8.33. The third-order valence-electron chi connectivity index (χ3n) is 4.02. The van der Waals surface area contributed by atoms with Crippen molar-refractivity contribution >= 4 is 17.5 Å². The number of halogens is 1. The predicted molar refractivity (Wildman–Crippen MR) is 86.7 cm³/mol. The second-order valence-corrected chi connectivity index (χ2v) is 6.20. The highest BCUT2D eigenvalue weighted by molar-refractivity contribution is 6.32. The normalized spacial score (nSPS) is 15.2. The molecular weight excluding hydrogens is 332 g/mol. The Bertz CT molecular complexity index is 714. The molecule has 1 amide bonds. The van der Waals surface area contributed by atoms with Crippen LogP contribution < -0.4 is 10.1 Å². The fourth-order valence-corrected chi connectivity index (χ4v) is 2.85. The maximum Gasteiger partial charge on any atom is 0.253 e. The van der Waals surface area contributed by atoms with E-state index >= 15 is 0 Å². The minimum absolute atomic E-state index is 0.159. The molecule has 2 aromatic rings. The number of rotatable bonds is 5. The van der Waals surface area contributed by atoms with Crippen LogP contribution in [0.25, 0.3) is 0 Å². The van der Waals surface area contributed by atoms with Gasteiger partial charge in [0.25, 0.3) is 5.91 Å². The molecule has 0 aromatic carbocycles. The lowest BCUT2D eigenvalue weighted by atomic mass is 9.98. The quantitative estimate of drug-likeness (QED) is 0.884. The van der Waals surface area contributed by atoms with E-state index < -0.39 is 0 Å². The van der Waals surface area contributed by atoms with Crippen LogP contribution >= 0.6 is 11.6 Å². The van der Waals surface area contributed by atoms with E-state index in [-0.39, 0.29) is 18.6 Å². The van der Waals surface area contributed by atoms with E-state index in [1.165, 1.54) is 30.1 Å². The van der Waals surface area contributed by atoms with Gasteiger partial charge in [-0.1, -0.05) is 18.0 Å². The molecule has 24 heavy (non-hydrogen) atoms. The van der Waals surface area contributed by atoms with Gasteiger partial charge in [-0.15, -0.1) is 5.10 Å². The Morgan fingerprint density at radius 3 is 2.88 bits per heavy atom. The maximum atomic E-state index is 12.2. The number of hydrogen-bond donors (Lipinski definition) is 1. The highest BCUT2D eigenvalue weighted by Crippen LogP contribution is 2.27. The molecule has 1 fully saturated rings. The largest absolute Gasteiger partial charge is 0.473 e. The van der Waals surface area contributed by atoms with Crippen molar-refractivity contribution in [1.82, 2.24) is 30.5 Å². The number of aryl methyl sites for hydroxylation is 1. The summed E-state index contributed by atoms with van der Waals surface area (Å²) in [6, 6.07) is 1.57. The van der Waals surface area contributed by atoms with Gasteiger partial charge in [-0.2, -0.15) is 0 Å². The first-order valence-electron chi connectivity index (χ1n) is 7.95. The van der Waals surface area contributed by atoms with Gasteiger partial charge in [0.1, 0.15) is 11.1 Å². The number of ether oxygens (including phenoxy) is 1. The van der Waals surface area contributed by atoms with E-state index in [0.29, 0.717) is 22.3 Å². The van der Waals surface area contributed by atoms with E-state index in [2.05, 4.69) is 25.8 Å². The van der Waals surface area contributed by atoms with Gasteiger partial charge in [0, 0.05) is 13.2 Å². The Balaban J connectivity index is 1.60. The highest BCUT2D eigenvalue weighted by atomic mass is 35.5. The van der Waals surface area contributed by atoms with E-state index in [1.807, 2.05) is 0 Å². The fraction of sp³-hybridized carbons (Fsp3) is 0.533. The Hall–Kier alpha value is -2.22. The van der Waals surface area contributed by atoms with Crippen LogP contribution in [0.2, 0.25) is 5.02 Å². The van der Waals surface area contributed by atoms with E-state index in [4.69, 9.17) is 16.3 Å². The summed E-state index contributed by atoms with van der Waals surface area (Å²) in [5.74, 6) is 0.647. The van der Waals surface area contributed by atoms with Crippen LogP contribution in [-0.4, -0.2) is 37.2 Å². The molecule has 0 aliphatic heterocycles. The minimum Gasteiger partial charge on any atom is -0.473 e. The first kappa shape index (κ1) is 16.6. The zero-order valence-corrected chi connectivity index (χ0v) is 14.2. The van der Waals surface area contributed by atoms with Gasteiger partial charge in [-0.3, -0.25) is 4.79 Å². The Morgan fingerprint density at radius 1 is 1.42 bits per heavy atom. The van der Waals surface area contributed by atoms with Crippen molar-refractivity contribution in [2.75, 3.05) is 0 Å². The summed E-state index contributed by atoms with van der Waals surface area (Å²) in [6.45, 7) is 0.222. The lowest BCUT2D eigenvalue weighted by molar-refractivity contribution is 0.0949. The molecule has 1 aliphatic rings. The fourth-order valence-electron chi connectivity index (χ4n) is 2.64. The van der Waals surface area contributed by atoms with Crippen molar-refractivity contribution in [3.8, 4) is 5.88 Å². The van der Waals surface area contributed by atoms with Gasteiger partial charge in [0.05, 0.1) is 12.1 Å². The summed E-state index contributed by atoms with van der Waals surface area (Å²) in [5.41, 5.74) is 0.367.